The van der Waals surface area contributed by atoms with Crippen molar-refractivity contribution in [3.63, 3.8) is 0 Å². The second kappa shape index (κ2) is 13.4. The average molecular weight is 566 g/mol. The Balaban J connectivity index is 1.24. The lowest BCUT2D eigenvalue weighted by molar-refractivity contribution is 0.000843. The average Bonchev–Trinajstić information content (AvgIpc) is 2.93. The first-order valence-electron chi connectivity index (χ1n) is 13.9. The van der Waals surface area contributed by atoms with Crippen LogP contribution in [0.5, 0.6) is 0 Å². The first kappa shape index (κ1) is 29.7. The lowest BCUT2D eigenvalue weighted by Crippen LogP contribution is -2.46. The quantitative estimate of drug-likeness (QED) is 0.177. The zero-order valence-corrected chi connectivity index (χ0v) is 25.4. The van der Waals surface area contributed by atoms with Gasteiger partial charge in [-0.2, -0.15) is 8.42 Å². The molecular formula is C32H41O5SSi. The topological polar surface area (TPSA) is 61.8 Å². The van der Waals surface area contributed by atoms with Crippen molar-refractivity contribution in [3.05, 3.63) is 90.0 Å². The zero-order valence-electron chi connectivity index (χ0n) is 23.6. The third-order valence-corrected chi connectivity index (χ3v) is 10.8. The summed E-state index contributed by atoms with van der Waals surface area (Å²) in [6, 6.07) is 26.2. The molecular weight excluding hydrogens is 525 g/mol. The SMILES string of the molecule is Cc1ccc(S(=O)(=O)OCCOC2CCC(CO[Si](c3ccccc3)c3ccc(C(C)(C)C)cc3)CC2)cc1. The molecule has 39 heavy (non-hydrogen) atoms. The molecule has 0 N–H and O–H groups in total. The summed E-state index contributed by atoms with van der Waals surface area (Å²) in [5.74, 6) is 0.501. The molecule has 7 heteroatoms. The van der Waals surface area contributed by atoms with Gasteiger partial charge in [-0.3, -0.25) is 4.18 Å². The van der Waals surface area contributed by atoms with Crippen LogP contribution in [-0.2, 0) is 28.9 Å². The standard InChI is InChI=1S/C32H41O5SSi/c1-25-10-18-29(19-11-25)38(33,34)36-23-22-35-28-16-12-26(13-17-28)24-37-39(30-8-6-5-7-9-30)31-20-14-27(15-21-31)32(2,3)4/h5-11,14-15,18-21,26,28H,12-13,16-17,22-24H2,1-4H3. The van der Waals surface area contributed by atoms with E-state index in [0.717, 1.165) is 37.9 Å². The molecule has 209 valence electrons. The van der Waals surface area contributed by atoms with Gasteiger partial charge in [-0.1, -0.05) is 93.1 Å². The minimum atomic E-state index is -3.75. The van der Waals surface area contributed by atoms with E-state index in [1.165, 1.54) is 15.9 Å². The smallest absolute Gasteiger partial charge is 0.297 e. The van der Waals surface area contributed by atoms with E-state index >= 15 is 0 Å². The largest absolute Gasteiger partial charge is 0.407 e. The Bertz CT molecular complexity index is 1260. The van der Waals surface area contributed by atoms with Gasteiger partial charge in [0.25, 0.3) is 19.2 Å². The van der Waals surface area contributed by atoms with Gasteiger partial charge < -0.3 is 9.16 Å². The van der Waals surface area contributed by atoms with Crippen LogP contribution in [0.15, 0.2) is 83.8 Å². The van der Waals surface area contributed by atoms with Crippen LogP contribution in [0, 0.1) is 12.8 Å². The number of aryl methyl sites for hydroxylation is 1. The van der Waals surface area contributed by atoms with Crippen LogP contribution in [0.1, 0.15) is 57.6 Å². The molecule has 3 aromatic rings. The fourth-order valence-electron chi connectivity index (χ4n) is 4.84. The molecule has 1 saturated carbocycles. The maximum absolute atomic E-state index is 12.3. The van der Waals surface area contributed by atoms with E-state index < -0.39 is 19.2 Å². The fraction of sp³-hybridized carbons (Fsp3) is 0.438. The number of hydrogen-bond donors (Lipinski definition) is 0. The number of hydrogen-bond acceptors (Lipinski definition) is 5. The van der Waals surface area contributed by atoms with Gasteiger partial charge in [0.2, 0.25) is 0 Å². The van der Waals surface area contributed by atoms with Gasteiger partial charge in [-0.25, -0.2) is 0 Å². The van der Waals surface area contributed by atoms with Gasteiger partial charge in [0.1, 0.15) is 0 Å². The van der Waals surface area contributed by atoms with Crippen molar-refractivity contribution in [1.82, 2.24) is 0 Å². The summed E-state index contributed by atoms with van der Waals surface area (Å²) in [6.07, 6.45) is 4.12. The van der Waals surface area contributed by atoms with Crippen molar-refractivity contribution in [2.45, 2.75) is 69.8 Å². The van der Waals surface area contributed by atoms with Crippen molar-refractivity contribution in [1.29, 1.82) is 0 Å². The highest BCUT2D eigenvalue weighted by Crippen LogP contribution is 2.27. The predicted molar refractivity (Wildman–Crippen MR) is 159 cm³/mol. The third-order valence-electron chi connectivity index (χ3n) is 7.29. The van der Waals surface area contributed by atoms with E-state index in [4.69, 9.17) is 13.3 Å². The predicted octanol–water partition coefficient (Wildman–Crippen LogP) is 5.40. The van der Waals surface area contributed by atoms with E-state index in [-0.39, 0.29) is 29.6 Å². The van der Waals surface area contributed by atoms with Crippen LogP contribution in [0.3, 0.4) is 0 Å². The summed E-state index contributed by atoms with van der Waals surface area (Å²) in [7, 11) is -5.09. The Kier molecular flexibility index (Phi) is 10.2. The van der Waals surface area contributed by atoms with Crippen molar-refractivity contribution in [2.24, 2.45) is 5.92 Å². The van der Waals surface area contributed by atoms with Gasteiger partial charge in [-0.15, -0.1) is 0 Å². The molecule has 0 atom stereocenters. The normalized spacial score (nSPS) is 18.4. The maximum Gasteiger partial charge on any atom is 0.297 e. The van der Waals surface area contributed by atoms with Gasteiger partial charge in [0.05, 0.1) is 24.2 Å². The van der Waals surface area contributed by atoms with Crippen LogP contribution >= 0.6 is 0 Å². The summed E-state index contributed by atoms with van der Waals surface area (Å²) >= 11 is 0. The Labute approximate surface area is 236 Å². The summed E-state index contributed by atoms with van der Waals surface area (Å²) in [4.78, 5) is 0.176. The van der Waals surface area contributed by atoms with Crippen LogP contribution in [-0.4, -0.2) is 43.4 Å². The van der Waals surface area contributed by atoms with Crippen molar-refractivity contribution < 1.29 is 21.8 Å². The van der Waals surface area contributed by atoms with E-state index in [2.05, 4.69) is 75.4 Å². The molecule has 4 rings (SSSR count). The Morgan fingerprint density at radius 2 is 1.41 bits per heavy atom. The van der Waals surface area contributed by atoms with Crippen molar-refractivity contribution in [3.8, 4) is 0 Å². The van der Waals surface area contributed by atoms with Crippen LogP contribution in [0.4, 0.5) is 0 Å². The number of rotatable bonds is 11. The Hall–Kier alpha value is -2.29. The lowest BCUT2D eigenvalue weighted by Gasteiger charge is -2.29. The van der Waals surface area contributed by atoms with Crippen LogP contribution in [0.2, 0.25) is 0 Å². The van der Waals surface area contributed by atoms with Gasteiger partial charge in [0, 0.05) is 6.61 Å². The molecule has 0 aromatic heterocycles. The molecule has 0 amide bonds. The van der Waals surface area contributed by atoms with E-state index in [1.54, 1.807) is 24.3 Å². The van der Waals surface area contributed by atoms with Crippen LogP contribution < -0.4 is 10.4 Å². The van der Waals surface area contributed by atoms with Gasteiger partial charge >= 0.3 is 0 Å². The molecule has 3 aromatic carbocycles. The Morgan fingerprint density at radius 1 is 0.795 bits per heavy atom. The fourth-order valence-corrected chi connectivity index (χ4v) is 7.77. The molecule has 1 radical (unpaired) electrons. The highest BCUT2D eigenvalue weighted by atomic mass is 32.2. The van der Waals surface area contributed by atoms with Crippen molar-refractivity contribution in [2.75, 3.05) is 19.8 Å². The first-order valence-corrected chi connectivity index (χ1v) is 16.7. The second-order valence-electron chi connectivity index (χ2n) is 11.4. The summed E-state index contributed by atoms with van der Waals surface area (Å²) in [5, 5.41) is 2.54. The summed E-state index contributed by atoms with van der Waals surface area (Å²) in [6.45, 7) is 9.67. The molecule has 0 saturated heterocycles. The zero-order chi connectivity index (χ0) is 27.9. The highest BCUT2D eigenvalue weighted by molar-refractivity contribution is 7.86. The monoisotopic (exact) mass is 565 g/mol. The molecule has 5 nitrogen and oxygen atoms in total. The highest BCUT2D eigenvalue weighted by Gasteiger charge is 2.26. The molecule has 1 fully saturated rings. The number of ether oxygens (including phenoxy) is 1. The molecule has 0 spiro atoms. The van der Waals surface area contributed by atoms with Gasteiger partial charge in [-0.05, 0) is 72.0 Å². The molecule has 0 bridgehead atoms. The lowest BCUT2D eigenvalue weighted by atomic mass is 9.87. The molecule has 0 heterocycles. The first-order chi connectivity index (χ1) is 18.6. The summed E-state index contributed by atoms with van der Waals surface area (Å²) in [5.41, 5.74) is 2.46. The van der Waals surface area contributed by atoms with Gasteiger partial charge in [0.15, 0.2) is 0 Å². The van der Waals surface area contributed by atoms with E-state index in [0.29, 0.717) is 5.92 Å². The minimum Gasteiger partial charge on any atom is -0.407 e. The maximum atomic E-state index is 12.3. The molecule has 0 aliphatic heterocycles. The molecule has 1 aliphatic rings. The summed E-state index contributed by atoms with van der Waals surface area (Å²) < 4.78 is 42.5. The third kappa shape index (κ3) is 8.59. The number of benzene rings is 3. The Morgan fingerprint density at radius 3 is 2.03 bits per heavy atom. The minimum absolute atomic E-state index is 0.0239. The van der Waals surface area contributed by atoms with Crippen molar-refractivity contribution >= 4 is 29.5 Å². The van der Waals surface area contributed by atoms with E-state index in [1.807, 2.05) is 6.92 Å². The second-order valence-corrected chi connectivity index (χ2v) is 15.2. The van der Waals surface area contributed by atoms with Crippen LogP contribution in [0.25, 0.3) is 0 Å². The molecule has 1 aliphatic carbocycles. The van der Waals surface area contributed by atoms with E-state index in [9.17, 15) is 8.42 Å². The molecule has 0 unspecified atom stereocenters.